The van der Waals surface area contributed by atoms with Crippen LogP contribution in [0.2, 0.25) is 0 Å². The Hall–Kier alpha value is -9.40. The van der Waals surface area contributed by atoms with Gasteiger partial charge >= 0.3 is 0 Å². The van der Waals surface area contributed by atoms with E-state index in [-0.39, 0.29) is 22.3 Å². The van der Waals surface area contributed by atoms with Crippen molar-refractivity contribution >= 4 is 110 Å². The molecule has 0 saturated heterocycles. The Labute approximate surface area is 388 Å². The Kier molecular flexibility index (Phi) is 8.35. The molecule has 0 fully saturated rings. The van der Waals surface area contributed by atoms with Gasteiger partial charge in [-0.05, 0) is 90.3 Å². The van der Waals surface area contributed by atoms with Crippen LogP contribution in [0.25, 0.3) is 75.8 Å². The molecular weight excluding hydrogens is 845 g/mol. The van der Waals surface area contributed by atoms with E-state index in [1.54, 1.807) is 0 Å². The zero-order valence-electron chi connectivity index (χ0n) is 36.1. The van der Waals surface area contributed by atoms with Gasteiger partial charge in [0.15, 0.2) is 0 Å². The van der Waals surface area contributed by atoms with Gasteiger partial charge < -0.3 is 40.4 Å². The number of phenols is 4. The predicted molar refractivity (Wildman–Crippen MR) is 275 cm³/mol. The normalized spacial score (nSPS) is 12.9. The van der Waals surface area contributed by atoms with Gasteiger partial charge in [0, 0.05) is 46.4 Å². The highest BCUT2D eigenvalue weighted by atomic mass is 16.3. The molecule has 0 unspecified atom stereocenters. The monoisotopic (exact) mass is 882 g/mol. The lowest BCUT2D eigenvalue weighted by atomic mass is 9.83. The molecule has 0 spiro atoms. The van der Waals surface area contributed by atoms with Gasteiger partial charge in [-0.15, -0.1) is 0 Å². The Morgan fingerprint density at radius 3 is 0.926 bits per heavy atom. The van der Waals surface area contributed by atoms with Crippen LogP contribution in [0.4, 0.5) is 34.1 Å². The number of hydrogen-bond acceptors (Lipinski definition) is 8. The molecule has 8 nitrogen and oxygen atoms in total. The lowest BCUT2D eigenvalue weighted by Crippen LogP contribution is -2.14. The van der Waals surface area contributed by atoms with E-state index in [2.05, 4.69) is 97.1 Å². The van der Waals surface area contributed by atoms with Gasteiger partial charge in [-0.3, -0.25) is 0 Å². The highest BCUT2D eigenvalue weighted by Gasteiger charge is 2.38. The summed E-state index contributed by atoms with van der Waals surface area (Å²) in [6.07, 6.45) is 0. The molecule has 324 valence electrons. The summed E-state index contributed by atoms with van der Waals surface area (Å²) in [7, 11) is 0. The maximum atomic E-state index is 11.8. The van der Waals surface area contributed by atoms with Crippen molar-refractivity contribution in [3.05, 3.63) is 217 Å². The molecule has 0 aromatic heterocycles. The van der Waals surface area contributed by atoms with Crippen LogP contribution in [0.3, 0.4) is 0 Å². The van der Waals surface area contributed by atoms with Crippen molar-refractivity contribution in [3.63, 3.8) is 0 Å². The molecule has 0 aliphatic heterocycles. The van der Waals surface area contributed by atoms with E-state index in [1.807, 2.05) is 82.6 Å². The van der Waals surface area contributed by atoms with Crippen LogP contribution in [0.1, 0.15) is 11.1 Å². The third-order valence-electron chi connectivity index (χ3n) is 13.6. The summed E-state index contributed by atoms with van der Waals surface area (Å²) < 4.78 is 0. The van der Waals surface area contributed by atoms with Crippen LogP contribution in [0.15, 0.2) is 206 Å². The number of aliphatic hydroxyl groups is 2. The molecule has 68 heavy (non-hydrogen) atoms. The summed E-state index contributed by atoms with van der Waals surface area (Å²) in [5.41, 5.74) is 3.10. The molecule has 12 aromatic carbocycles. The number of aromatic hydroxyl groups is 4. The number of benzene rings is 12. The minimum atomic E-state index is -0.530. The summed E-state index contributed by atoms with van der Waals surface area (Å²) in [5.74, 6) is -2.72. The second-order valence-corrected chi connectivity index (χ2v) is 17.4. The van der Waals surface area contributed by atoms with E-state index >= 15 is 0 Å². The fraction of sp³-hybridized carbons (Fsp3) is 0. The van der Waals surface area contributed by atoms with E-state index in [4.69, 9.17) is 0 Å². The van der Waals surface area contributed by atoms with Crippen LogP contribution < -0.4 is 9.80 Å². The highest BCUT2D eigenvalue weighted by Crippen LogP contribution is 2.56. The lowest BCUT2D eigenvalue weighted by Gasteiger charge is -2.30. The summed E-state index contributed by atoms with van der Waals surface area (Å²) in [5, 5.41) is 83.7. The quantitative estimate of drug-likeness (QED) is 0.0833. The number of rotatable bonds is 8. The number of hydrogen-bond donors (Lipinski definition) is 6. The molecule has 0 heterocycles. The average Bonchev–Trinajstić information content (AvgIpc) is 3.36. The smallest absolute Gasteiger partial charge is 0.139 e. The van der Waals surface area contributed by atoms with Crippen molar-refractivity contribution in [1.82, 2.24) is 0 Å². The predicted octanol–water partition coefficient (Wildman–Crippen LogP) is 15.5. The van der Waals surface area contributed by atoms with Crippen molar-refractivity contribution in [3.8, 4) is 23.0 Å². The molecule has 8 heteroatoms. The largest absolute Gasteiger partial charge is 0.507 e. The van der Waals surface area contributed by atoms with Gasteiger partial charge in [0.05, 0.1) is 45.0 Å². The Morgan fingerprint density at radius 2 is 0.574 bits per heavy atom. The summed E-state index contributed by atoms with van der Waals surface area (Å²) >= 11 is 0. The SMILES string of the molecule is OC1=C(c2c(O)cc(N(c3ccccc3)c3ccc4ccc5cccc6ccc3c4c56)cc2O)C(O)=C1c1c(O)cc(N(c2ccccc2)c2ccc3ccc4cccc5ccc2c3c45)cc1O. The van der Waals surface area contributed by atoms with Gasteiger partial charge in [-0.1, -0.05) is 133 Å². The van der Waals surface area contributed by atoms with Crippen LogP contribution in [-0.4, -0.2) is 30.6 Å². The van der Waals surface area contributed by atoms with Gasteiger partial charge in [-0.25, -0.2) is 0 Å². The van der Waals surface area contributed by atoms with Crippen molar-refractivity contribution in [2.24, 2.45) is 0 Å². The molecule has 13 rings (SSSR count). The number of anilines is 6. The van der Waals surface area contributed by atoms with E-state index in [0.717, 1.165) is 87.4 Å². The molecule has 0 bridgehead atoms. The third-order valence-corrected chi connectivity index (χ3v) is 13.6. The molecule has 0 radical (unpaired) electrons. The molecule has 1 aliphatic carbocycles. The fourth-order valence-corrected chi connectivity index (χ4v) is 10.7. The van der Waals surface area contributed by atoms with Crippen LogP contribution in [0, 0.1) is 0 Å². The first-order chi connectivity index (χ1) is 33.2. The minimum absolute atomic E-state index is 0.212. The summed E-state index contributed by atoms with van der Waals surface area (Å²) in [6.45, 7) is 0. The second kappa shape index (κ2) is 14.6. The number of phenolic OH excluding ortho intramolecular Hbond substituents is 4. The van der Waals surface area contributed by atoms with E-state index < -0.39 is 34.5 Å². The molecule has 0 amide bonds. The Morgan fingerprint density at radius 1 is 0.265 bits per heavy atom. The lowest BCUT2D eigenvalue weighted by molar-refractivity contribution is 0.382. The summed E-state index contributed by atoms with van der Waals surface area (Å²) in [4.78, 5) is 3.90. The van der Waals surface area contributed by atoms with Gasteiger partial charge in [0.1, 0.15) is 34.5 Å². The second-order valence-electron chi connectivity index (χ2n) is 17.4. The van der Waals surface area contributed by atoms with Gasteiger partial charge in [-0.2, -0.15) is 0 Å². The highest BCUT2D eigenvalue weighted by molar-refractivity contribution is 6.27. The van der Waals surface area contributed by atoms with Crippen molar-refractivity contribution in [2.45, 2.75) is 0 Å². The van der Waals surface area contributed by atoms with Crippen LogP contribution in [0.5, 0.6) is 23.0 Å². The first-order valence-electron chi connectivity index (χ1n) is 22.3. The van der Waals surface area contributed by atoms with Crippen LogP contribution in [-0.2, 0) is 0 Å². The maximum absolute atomic E-state index is 11.8. The maximum Gasteiger partial charge on any atom is 0.139 e. The van der Waals surface area contributed by atoms with E-state index in [9.17, 15) is 30.6 Å². The van der Waals surface area contributed by atoms with Crippen molar-refractivity contribution in [1.29, 1.82) is 0 Å². The molecule has 12 aromatic rings. The number of para-hydroxylation sites is 2. The molecule has 0 atom stereocenters. The summed E-state index contributed by atoms with van der Waals surface area (Å²) in [6, 6.07) is 62.7. The standard InChI is InChI=1S/C60H38N2O6/c63-47-29-41(61(39-13-3-1-4-14-39)45-27-23-37-19-17-33-9-7-11-35-21-25-43(45)53(37)51(33)35)30-48(64)55(47)57-59(67)58(60(57)68)56-49(65)31-42(32-50(56)66)62(40-15-5-2-6-16-40)46-28-24-38-20-18-34-10-8-12-36-22-26-44(46)54(38)52(34)36/h1-32,63-68H. The Bertz CT molecular complexity index is 3750. The zero-order chi connectivity index (χ0) is 45.9. The third kappa shape index (κ3) is 5.61. The average molecular weight is 883 g/mol. The first-order valence-corrected chi connectivity index (χ1v) is 22.3. The van der Waals surface area contributed by atoms with Crippen molar-refractivity contribution in [2.75, 3.05) is 9.80 Å². The fourth-order valence-electron chi connectivity index (χ4n) is 10.7. The Balaban J connectivity index is 0.897. The number of aliphatic hydroxyl groups excluding tert-OH is 2. The zero-order valence-corrected chi connectivity index (χ0v) is 36.1. The molecule has 0 saturated carbocycles. The van der Waals surface area contributed by atoms with Crippen LogP contribution >= 0.6 is 0 Å². The molecular formula is C60H38N2O6. The molecule has 6 N–H and O–H groups in total. The topological polar surface area (TPSA) is 128 Å². The van der Waals surface area contributed by atoms with Crippen molar-refractivity contribution < 1.29 is 30.6 Å². The number of nitrogens with zero attached hydrogens (tertiary/aromatic N) is 2. The first kappa shape index (κ1) is 39.0. The number of allylic oxidation sites excluding steroid dienone is 2. The molecule has 1 aliphatic rings. The van der Waals surface area contributed by atoms with E-state index in [1.165, 1.54) is 24.3 Å². The van der Waals surface area contributed by atoms with E-state index in [0.29, 0.717) is 11.4 Å². The minimum Gasteiger partial charge on any atom is -0.507 e. The van der Waals surface area contributed by atoms with Gasteiger partial charge in [0.2, 0.25) is 0 Å². The van der Waals surface area contributed by atoms with Gasteiger partial charge in [0.25, 0.3) is 0 Å².